The lowest BCUT2D eigenvalue weighted by Crippen LogP contribution is -2.10. The van der Waals surface area contributed by atoms with Crippen molar-refractivity contribution in [3.63, 3.8) is 0 Å². The standard InChI is InChI=1S/C34H23N5/c1-22-32(23-11-10-20-35-21-23)33(38-28-16-6-2-12-24(28)25-13-3-7-17-29(25)38)37-34(36-22)39-30-18-8-4-14-26(30)27-15-5-9-19-31(27)39/h2-21H,1H3/i1D3. The number of nitrogens with zero attached hydrogens (tertiary/aromatic N) is 5. The smallest absolute Gasteiger partial charge is 0.236 e. The minimum absolute atomic E-state index is 0.0285. The van der Waals surface area contributed by atoms with Crippen LogP contribution < -0.4 is 0 Å². The molecular weight excluding hydrogens is 478 g/mol. The summed E-state index contributed by atoms with van der Waals surface area (Å²) in [5.74, 6) is 0.779. The molecule has 0 fully saturated rings. The van der Waals surface area contributed by atoms with Crippen LogP contribution in [0.15, 0.2) is 122 Å². The lowest BCUT2D eigenvalue weighted by atomic mass is 10.1. The van der Waals surface area contributed by atoms with Gasteiger partial charge in [-0.2, -0.15) is 4.98 Å². The maximum atomic E-state index is 8.66. The van der Waals surface area contributed by atoms with Gasteiger partial charge in [0.15, 0.2) is 5.82 Å². The fourth-order valence-electron chi connectivity index (χ4n) is 5.76. The summed E-state index contributed by atoms with van der Waals surface area (Å²) in [6.45, 7) is -2.53. The fraction of sp³-hybridized carbons (Fsp3) is 0.0294. The first-order valence-corrected chi connectivity index (χ1v) is 12.8. The Bertz CT molecular complexity index is 2190. The van der Waals surface area contributed by atoms with Crippen LogP contribution in [0.2, 0.25) is 0 Å². The van der Waals surface area contributed by atoms with E-state index in [1.807, 2.05) is 83.4 Å². The molecule has 0 aliphatic heterocycles. The van der Waals surface area contributed by atoms with E-state index in [1.165, 1.54) is 0 Å². The second-order valence-corrected chi connectivity index (χ2v) is 9.55. The lowest BCUT2D eigenvalue weighted by molar-refractivity contribution is 0.931. The SMILES string of the molecule is [2H]C([2H])([2H])c1nc(-n2c3ccccc3c3ccccc32)nc(-n2c3ccccc3c3ccccc32)c1-c1cccnc1. The Morgan fingerprint density at radius 1 is 0.564 bits per heavy atom. The summed E-state index contributed by atoms with van der Waals surface area (Å²) in [5, 5.41) is 4.19. The van der Waals surface area contributed by atoms with Crippen molar-refractivity contribution in [3.8, 4) is 22.9 Å². The number of rotatable bonds is 3. The summed E-state index contributed by atoms with van der Waals surface area (Å²) in [6, 6.07) is 36.0. The summed E-state index contributed by atoms with van der Waals surface area (Å²) in [5.41, 5.74) is 4.68. The third-order valence-electron chi connectivity index (χ3n) is 7.40. The molecule has 0 amide bonds. The number of para-hydroxylation sites is 4. The van der Waals surface area contributed by atoms with Crippen molar-refractivity contribution in [2.24, 2.45) is 0 Å². The number of hydrogen-bond acceptors (Lipinski definition) is 3. The highest BCUT2D eigenvalue weighted by Gasteiger charge is 2.22. The maximum absolute atomic E-state index is 8.66. The third-order valence-corrected chi connectivity index (χ3v) is 7.40. The van der Waals surface area contributed by atoms with Crippen LogP contribution in [-0.2, 0) is 0 Å². The normalized spacial score (nSPS) is 13.2. The molecule has 8 rings (SSSR count). The highest BCUT2D eigenvalue weighted by molar-refractivity contribution is 6.10. The predicted octanol–water partition coefficient (Wildman–Crippen LogP) is 8.04. The molecule has 0 bridgehead atoms. The number of fused-ring (bicyclic) bond motifs is 6. The van der Waals surface area contributed by atoms with Crippen molar-refractivity contribution in [2.75, 3.05) is 0 Å². The van der Waals surface area contributed by atoms with Gasteiger partial charge in [-0.05, 0) is 37.2 Å². The number of pyridine rings is 1. The second-order valence-electron chi connectivity index (χ2n) is 9.55. The minimum Gasteiger partial charge on any atom is -0.293 e. The number of aryl methyl sites for hydroxylation is 1. The number of benzene rings is 4. The van der Waals surface area contributed by atoms with Crippen molar-refractivity contribution in [2.45, 2.75) is 6.85 Å². The highest BCUT2D eigenvalue weighted by atomic mass is 15.2. The van der Waals surface area contributed by atoms with Gasteiger partial charge in [0.2, 0.25) is 5.95 Å². The van der Waals surface area contributed by atoms with Gasteiger partial charge in [0, 0.05) is 49.2 Å². The Hall–Kier alpha value is -5.29. The molecule has 0 N–H and O–H groups in total. The van der Waals surface area contributed by atoms with Crippen molar-refractivity contribution in [1.29, 1.82) is 0 Å². The van der Waals surface area contributed by atoms with Crippen LogP contribution in [0.3, 0.4) is 0 Å². The van der Waals surface area contributed by atoms with E-state index >= 15 is 0 Å². The molecule has 0 spiro atoms. The van der Waals surface area contributed by atoms with Gasteiger partial charge in [0.1, 0.15) is 0 Å². The van der Waals surface area contributed by atoms with Gasteiger partial charge in [0.05, 0.1) is 27.8 Å². The van der Waals surface area contributed by atoms with Crippen LogP contribution >= 0.6 is 0 Å². The minimum atomic E-state index is -2.53. The first kappa shape index (κ1) is 18.9. The van der Waals surface area contributed by atoms with Gasteiger partial charge in [-0.1, -0.05) is 78.9 Å². The summed E-state index contributed by atoms with van der Waals surface area (Å²) < 4.78 is 30.0. The van der Waals surface area contributed by atoms with E-state index < -0.39 is 6.85 Å². The zero-order chi connectivity index (χ0) is 28.4. The molecule has 4 heterocycles. The summed E-state index contributed by atoms with van der Waals surface area (Å²) in [6.07, 6.45) is 3.34. The molecule has 5 nitrogen and oxygen atoms in total. The van der Waals surface area contributed by atoms with Crippen LogP contribution in [-0.4, -0.2) is 24.1 Å². The van der Waals surface area contributed by atoms with Crippen LogP contribution in [0.5, 0.6) is 0 Å². The molecule has 4 aromatic heterocycles. The molecule has 0 unspecified atom stereocenters. The average molecular weight is 505 g/mol. The Labute approximate surface area is 228 Å². The molecule has 0 saturated carbocycles. The van der Waals surface area contributed by atoms with Gasteiger partial charge < -0.3 is 0 Å². The molecule has 0 radical (unpaired) electrons. The van der Waals surface area contributed by atoms with Gasteiger partial charge in [-0.25, -0.2) is 4.98 Å². The molecule has 0 atom stereocenters. The zero-order valence-electron chi connectivity index (χ0n) is 23.8. The van der Waals surface area contributed by atoms with E-state index in [9.17, 15) is 0 Å². The first-order valence-electron chi connectivity index (χ1n) is 14.3. The Morgan fingerprint density at radius 2 is 1.08 bits per heavy atom. The zero-order valence-corrected chi connectivity index (χ0v) is 20.8. The molecule has 0 aliphatic carbocycles. The molecule has 184 valence electrons. The fourth-order valence-corrected chi connectivity index (χ4v) is 5.76. The quantitative estimate of drug-likeness (QED) is 0.245. The monoisotopic (exact) mass is 504 g/mol. The van der Waals surface area contributed by atoms with Gasteiger partial charge in [0.25, 0.3) is 0 Å². The Morgan fingerprint density at radius 3 is 1.56 bits per heavy atom. The number of hydrogen-bond donors (Lipinski definition) is 0. The summed E-state index contributed by atoms with van der Waals surface area (Å²) >= 11 is 0. The average Bonchev–Trinajstić information content (AvgIpc) is 3.54. The largest absolute Gasteiger partial charge is 0.293 e. The van der Waals surface area contributed by atoms with Crippen molar-refractivity contribution < 1.29 is 4.11 Å². The van der Waals surface area contributed by atoms with Crippen molar-refractivity contribution >= 4 is 43.6 Å². The maximum Gasteiger partial charge on any atom is 0.236 e. The van der Waals surface area contributed by atoms with Crippen LogP contribution in [0.4, 0.5) is 0 Å². The second kappa shape index (κ2) is 8.36. The molecular formula is C34H23N5. The van der Waals surface area contributed by atoms with Crippen LogP contribution in [0, 0.1) is 6.85 Å². The van der Waals surface area contributed by atoms with Crippen molar-refractivity contribution in [1.82, 2.24) is 24.1 Å². The van der Waals surface area contributed by atoms with E-state index in [0.29, 0.717) is 22.9 Å². The predicted molar refractivity (Wildman–Crippen MR) is 159 cm³/mol. The Balaban J connectivity index is 1.59. The van der Waals surface area contributed by atoms with Crippen LogP contribution in [0.25, 0.3) is 66.5 Å². The van der Waals surface area contributed by atoms with Gasteiger partial charge in [-0.3, -0.25) is 14.1 Å². The number of aromatic nitrogens is 5. The van der Waals surface area contributed by atoms with E-state index in [-0.39, 0.29) is 5.69 Å². The highest BCUT2D eigenvalue weighted by Crippen LogP contribution is 2.37. The van der Waals surface area contributed by atoms with Gasteiger partial charge in [-0.15, -0.1) is 0 Å². The van der Waals surface area contributed by atoms with Gasteiger partial charge >= 0.3 is 0 Å². The first-order chi connectivity index (χ1) is 20.5. The van der Waals surface area contributed by atoms with Crippen molar-refractivity contribution in [3.05, 3.63) is 127 Å². The third kappa shape index (κ3) is 3.17. The molecule has 0 saturated heterocycles. The van der Waals surface area contributed by atoms with Crippen LogP contribution in [0.1, 0.15) is 9.81 Å². The summed E-state index contributed by atoms with van der Waals surface area (Å²) in [4.78, 5) is 14.4. The van der Waals surface area contributed by atoms with E-state index in [0.717, 1.165) is 43.6 Å². The van der Waals surface area contributed by atoms with E-state index in [4.69, 9.17) is 14.1 Å². The molecule has 4 aromatic carbocycles. The topological polar surface area (TPSA) is 48.5 Å². The summed E-state index contributed by atoms with van der Waals surface area (Å²) in [7, 11) is 0. The molecule has 8 aromatic rings. The molecule has 0 aliphatic rings. The Kier molecular flexibility index (Phi) is 4.05. The lowest BCUT2D eigenvalue weighted by Gasteiger charge is -2.17. The molecule has 5 heteroatoms. The molecule has 39 heavy (non-hydrogen) atoms. The van der Waals surface area contributed by atoms with E-state index in [2.05, 4.69) is 33.8 Å². The van der Waals surface area contributed by atoms with E-state index in [1.54, 1.807) is 18.5 Å².